The number of amides is 2. The zero-order valence-corrected chi connectivity index (χ0v) is 20.2. The third kappa shape index (κ3) is 5.57. The number of hydrogen-bond donors (Lipinski definition) is 0. The lowest BCUT2D eigenvalue weighted by atomic mass is 10.1. The van der Waals surface area contributed by atoms with Crippen LogP contribution in [-0.4, -0.2) is 28.8 Å². The van der Waals surface area contributed by atoms with Gasteiger partial charge in [-0.25, -0.2) is 0 Å². The normalized spacial score (nSPS) is 16.3. The van der Waals surface area contributed by atoms with Crippen LogP contribution in [0.1, 0.15) is 38.3 Å². The van der Waals surface area contributed by atoms with Gasteiger partial charge in [-0.2, -0.15) is 0 Å². The van der Waals surface area contributed by atoms with Crippen LogP contribution < -0.4 is 9.47 Å². The molecule has 0 radical (unpaired) electrons. The molecule has 1 aliphatic heterocycles. The minimum atomic E-state index is -0.276. The summed E-state index contributed by atoms with van der Waals surface area (Å²) < 4.78 is 12.8. The number of carbonyl (C=O) groups is 2. The first-order valence-electron chi connectivity index (χ1n) is 9.84. The Bertz CT molecular complexity index is 958. The molecular weight excluding hydrogens is 513 g/mol. The number of rotatable bonds is 8. The number of halogens is 1. The highest BCUT2D eigenvalue weighted by atomic mass is 127. The average molecular weight is 537 g/mol. The van der Waals surface area contributed by atoms with Crippen molar-refractivity contribution in [3.63, 3.8) is 0 Å². The standard InChI is InChI=1S/C23H24INO4S/c1-4-15(3)29-19-11-8-17(12-20(19)28-5-2)13-21-22(26)25(23(27)30-21)14-16-6-9-18(24)10-7-16/h6-13,15H,4-5,14H2,1-3H3/b21-13+/t15-/m1/s1. The van der Waals surface area contributed by atoms with Gasteiger partial charge in [0.05, 0.1) is 24.2 Å². The third-order valence-electron chi connectivity index (χ3n) is 4.60. The van der Waals surface area contributed by atoms with Gasteiger partial charge in [-0.15, -0.1) is 0 Å². The molecule has 0 saturated carbocycles. The molecule has 0 unspecified atom stereocenters. The van der Waals surface area contributed by atoms with Gasteiger partial charge in [0.1, 0.15) is 0 Å². The van der Waals surface area contributed by atoms with Gasteiger partial charge >= 0.3 is 0 Å². The Hall–Kier alpha value is -2.00. The Balaban J connectivity index is 1.80. The predicted octanol–water partition coefficient (Wildman–Crippen LogP) is 6.10. The van der Waals surface area contributed by atoms with E-state index in [1.807, 2.05) is 56.3 Å². The Morgan fingerprint density at radius 2 is 1.83 bits per heavy atom. The molecule has 158 valence electrons. The first-order chi connectivity index (χ1) is 14.4. The molecule has 2 amide bonds. The largest absolute Gasteiger partial charge is 0.490 e. The molecule has 0 N–H and O–H groups in total. The summed E-state index contributed by atoms with van der Waals surface area (Å²) in [5, 5.41) is -0.258. The van der Waals surface area contributed by atoms with Crippen molar-refractivity contribution < 1.29 is 19.1 Å². The van der Waals surface area contributed by atoms with Crippen molar-refractivity contribution in [2.45, 2.75) is 39.8 Å². The van der Waals surface area contributed by atoms with Crippen molar-refractivity contribution in [3.05, 3.63) is 62.1 Å². The summed E-state index contributed by atoms with van der Waals surface area (Å²) in [5.41, 5.74) is 1.71. The summed E-state index contributed by atoms with van der Waals surface area (Å²) in [5.74, 6) is 1.03. The zero-order chi connectivity index (χ0) is 21.7. The second-order valence-corrected chi connectivity index (χ2v) is 9.11. The highest BCUT2D eigenvalue weighted by Gasteiger charge is 2.35. The molecular formula is C23H24INO4S. The summed E-state index contributed by atoms with van der Waals surface area (Å²) in [6, 6.07) is 13.3. The fourth-order valence-corrected chi connectivity index (χ4v) is 4.04. The number of ether oxygens (including phenoxy) is 2. The van der Waals surface area contributed by atoms with Crippen LogP contribution >= 0.6 is 34.4 Å². The van der Waals surface area contributed by atoms with Crippen molar-refractivity contribution >= 4 is 51.6 Å². The van der Waals surface area contributed by atoms with Gasteiger partial charge in [0.15, 0.2) is 11.5 Å². The van der Waals surface area contributed by atoms with Gasteiger partial charge in [0.2, 0.25) is 0 Å². The summed E-state index contributed by atoms with van der Waals surface area (Å²) in [7, 11) is 0. The summed E-state index contributed by atoms with van der Waals surface area (Å²) in [6.07, 6.45) is 2.70. The Morgan fingerprint density at radius 3 is 2.50 bits per heavy atom. The first-order valence-corrected chi connectivity index (χ1v) is 11.7. The smallest absolute Gasteiger partial charge is 0.293 e. The van der Waals surface area contributed by atoms with Crippen LogP contribution in [0.5, 0.6) is 11.5 Å². The average Bonchev–Trinajstić information content (AvgIpc) is 2.99. The summed E-state index contributed by atoms with van der Waals surface area (Å²) in [4.78, 5) is 26.9. The monoisotopic (exact) mass is 537 g/mol. The number of nitrogens with zero attached hydrogens (tertiary/aromatic N) is 1. The summed E-state index contributed by atoms with van der Waals surface area (Å²) >= 11 is 3.19. The van der Waals surface area contributed by atoms with Crippen molar-refractivity contribution in [3.8, 4) is 11.5 Å². The molecule has 1 saturated heterocycles. The van der Waals surface area contributed by atoms with Gasteiger partial charge in [-0.05, 0) is 96.1 Å². The number of carbonyl (C=O) groups excluding carboxylic acids is 2. The van der Waals surface area contributed by atoms with Crippen molar-refractivity contribution in [2.75, 3.05) is 6.61 Å². The number of hydrogen-bond acceptors (Lipinski definition) is 5. The minimum absolute atomic E-state index is 0.0767. The molecule has 0 spiro atoms. The molecule has 0 bridgehead atoms. The number of thioether (sulfide) groups is 1. The van der Waals surface area contributed by atoms with E-state index in [4.69, 9.17) is 9.47 Å². The van der Waals surface area contributed by atoms with Crippen LogP contribution in [0, 0.1) is 3.57 Å². The number of benzene rings is 2. The predicted molar refractivity (Wildman–Crippen MR) is 129 cm³/mol. The molecule has 0 aliphatic carbocycles. The van der Waals surface area contributed by atoms with Crippen LogP contribution in [0.2, 0.25) is 0 Å². The lowest BCUT2D eigenvalue weighted by Crippen LogP contribution is -2.27. The van der Waals surface area contributed by atoms with E-state index in [-0.39, 0.29) is 23.8 Å². The molecule has 2 aromatic rings. The van der Waals surface area contributed by atoms with Gasteiger partial charge in [0, 0.05) is 3.57 Å². The highest BCUT2D eigenvalue weighted by Crippen LogP contribution is 2.35. The molecule has 5 nitrogen and oxygen atoms in total. The molecule has 1 atom stereocenters. The van der Waals surface area contributed by atoms with E-state index in [1.165, 1.54) is 4.90 Å². The van der Waals surface area contributed by atoms with Crippen LogP contribution in [0.25, 0.3) is 6.08 Å². The van der Waals surface area contributed by atoms with E-state index in [1.54, 1.807) is 6.08 Å². The van der Waals surface area contributed by atoms with Crippen molar-refractivity contribution in [1.29, 1.82) is 0 Å². The van der Waals surface area contributed by atoms with Crippen LogP contribution in [0.15, 0.2) is 47.4 Å². The molecule has 3 rings (SSSR count). The Morgan fingerprint density at radius 1 is 1.10 bits per heavy atom. The van der Waals surface area contributed by atoms with Crippen LogP contribution in [-0.2, 0) is 11.3 Å². The lowest BCUT2D eigenvalue weighted by Gasteiger charge is -2.16. The molecule has 1 fully saturated rings. The van der Waals surface area contributed by atoms with E-state index in [0.717, 1.165) is 32.9 Å². The van der Waals surface area contributed by atoms with E-state index in [2.05, 4.69) is 29.5 Å². The number of imide groups is 1. The van der Waals surface area contributed by atoms with Crippen LogP contribution in [0.4, 0.5) is 4.79 Å². The first kappa shape index (κ1) is 22.7. The molecule has 0 aromatic heterocycles. The SMILES string of the molecule is CCOc1cc(/C=C2/SC(=O)N(Cc3ccc(I)cc3)C2=O)ccc1O[C@H](C)CC. The van der Waals surface area contributed by atoms with Crippen LogP contribution in [0.3, 0.4) is 0 Å². The van der Waals surface area contributed by atoms with Gasteiger partial charge in [0.25, 0.3) is 11.1 Å². The fraction of sp³-hybridized carbons (Fsp3) is 0.304. The van der Waals surface area contributed by atoms with E-state index in [9.17, 15) is 9.59 Å². The lowest BCUT2D eigenvalue weighted by molar-refractivity contribution is -0.123. The molecule has 1 heterocycles. The maximum Gasteiger partial charge on any atom is 0.293 e. The second kappa shape index (κ2) is 10.3. The molecule has 2 aromatic carbocycles. The Labute approximate surface area is 195 Å². The van der Waals surface area contributed by atoms with Gasteiger partial charge in [-0.1, -0.05) is 25.1 Å². The van der Waals surface area contributed by atoms with E-state index in [0.29, 0.717) is 23.0 Å². The quantitative estimate of drug-likeness (QED) is 0.301. The zero-order valence-electron chi connectivity index (χ0n) is 17.2. The fourth-order valence-electron chi connectivity index (χ4n) is 2.84. The Kier molecular flexibility index (Phi) is 7.82. The van der Waals surface area contributed by atoms with Gasteiger partial charge < -0.3 is 9.47 Å². The minimum Gasteiger partial charge on any atom is -0.490 e. The van der Waals surface area contributed by atoms with Gasteiger partial charge in [-0.3, -0.25) is 14.5 Å². The maximum atomic E-state index is 12.8. The van der Waals surface area contributed by atoms with E-state index >= 15 is 0 Å². The molecule has 30 heavy (non-hydrogen) atoms. The highest BCUT2D eigenvalue weighted by molar-refractivity contribution is 14.1. The van der Waals surface area contributed by atoms with Crippen molar-refractivity contribution in [2.24, 2.45) is 0 Å². The second-order valence-electron chi connectivity index (χ2n) is 6.87. The van der Waals surface area contributed by atoms with E-state index < -0.39 is 0 Å². The molecule has 7 heteroatoms. The molecule has 1 aliphatic rings. The maximum absolute atomic E-state index is 12.8. The third-order valence-corrected chi connectivity index (χ3v) is 6.22. The van der Waals surface area contributed by atoms with Crippen molar-refractivity contribution in [1.82, 2.24) is 4.90 Å². The summed E-state index contributed by atoms with van der Waals surface area (Å²) in [6.45, 7) is 6.76. The topological polar surface area (TPSA) is 55.8 Å².